The molecule has 0 aliphatic carbocycles. The number of thiazole rings is 1. The summed E-state index contributed by atoms with van der Waals surface area (Å²) in [6.07, 6.45) is 1.02. The van der Waals surface area contributed by atoms with Crippen LogP contribution >= 0.6 is 11.3 Å². The van der Waals surface area contributed by atoms with E-state index in [4.69, 9.17) is 0 Å². The lowest BCUT2D eigenvalue weighted by Gasteiger charge is -2.15. The number of non-ortho nitro benzene ring substituents is 1. The van der Waals surface area contributed by atoms with E-state index in [-0.39, 0.29) is 10.6 Å². The molecule has 0 spiro atoms. The van der Waals surface area contributed by atoms with Gasteiger partial charge in [0.1, 0.15) is 0 Å². The fraction of sp³-hybridized carbons (Fsp3) is 0.118. The summed E-state index contributed by atoms with van der Waals surface area (Å²) >= 11 is 1.56. The molecule has 0 radical (unpaired) electrons. The van der Waals surface area contributed by atoms with E-state index in [2.05, 4.69) is 28.1 Å². The maximum absolute atomic E-state index is 10.9. The van der Waals surface area contributed by atoms with Gasteiger partial charge in [-0.1, -0.05) is 30.3 Å². The Morgan fingerprint density at radius 1 is 1.17 bits per heavy atom. The van der Waals surface area contributed by atoms with E-state index in [0.717, 1.165) is 29.4 Å². The predicted octanol–water partition coefficient (Wildman–Crippen LogP) is 4.41. The van der Waals surface area contributed by atoms with E-state index in [1.54, 1.807) is 23.5 Å². The van der Waals surface area contributed by atoms with Crippen molar-refractivity contribution in [3.8, 4) is 11.3 Å². The summed E-state index contributed by atoms with van der Waals surface area (Å²) in [5.41, 5.74) is 4.17. The van der Waals surface area contributed by atoms with Crippen molar-refractivity contribution >= 4 is 27.8 Å². The molecule has 1 aliphatic heterocycles. The van der Waals surface area contributed by atoms with Gasteiger partial charge in [-0.05, 0) is 18.1 Å². The summed E-state index contributed by atoms with van der Waals surface area (Å²) in [6, 6.07) is 14.9. The molecule has 0 unspecified atom stereocenters. The molecule has 1 aliphatic rings. The van der Waals surface area contributed by atoms with Crippen LogP contribution in [0.2, 0.25) is 0 Å². The Bertz CT molecular complexity index is 891. The monoisotopic (exact) mass is 323 g/mol. The molecule has 0 bridgehead atoms. The highest BCUT2D eigenvalue weighted by Crippen LogP contribution is 2.37. The molecule has 5 nitrogen and oxygen atoms in total. The molecule has 3 aromatic rings. The zero-order valence-corrected chi connectivity index (χ0v) is 13.0. The molecule has 2 aromatic carbocycles. The van der Waals surface area contributed by atoms with Crippen LogP contribution in [0, 0.1) is 10.1 Å². The van der Waals surface area contributed by atoms with Crippen molar-refractivity contribution in [2.75, 3.05) is 11.4 Å². The molecule has 0 saturated heterocycles. The van der Waals surface area contributed by atoms with E-state index in [0.29, 0.717) is 0 Å². The third kappa shape index (κ3) is 2.47. The number of aromatic nitrogens is 1. The Labute approximate surface area is 137 Å². The lowest BCUT2D eigenvalue weighted by molar-refractivity contribution is -0.384. The van der Waals surface area contributed by atoms with Gasteiger partial charge in [0.05, 0.1) is 10.6 Å². The van der Waals surface area contributed by atoms with Gasteiger partial charge in [-0.15, -0.1) is 11.3 Å². The number of fused-ring (bicyclic) bond motifs is 1. The summed E-state index contributed by atoms with van der Waals surface area (Å²) in [6.45, 7) is 0.918. The molecule has 0 N–H and O–H groups in total. The van der Waals surface area contributed by atoms with Crippen LogP contribution in [0.3, 0.4) is 0 Å². The van der Waals surface area contributed by atoms with Crippen LogP contribution in [0.1, 0.15) is 5.56 Å². The third-order valence-electron chi connectivity index (χ3n) is 3.96. The summed E-state index contributed by atoms with van der Waals surface area (Å²) in [7, 11) is 0. The van der Waals surface area contributed by atoms with Gasteiger partial charge in [0.15, 0.2) is 5.13 Å². The number of benzene rings is 2. The number of nitrogens with zero attached hydrogens (tertiary/aromatic N) is 3. The molecule has 114 valence electrons. The highest BCUT2D eigenvalue weighted by atomic mass is 32.1. The number of nitro benzene ring substituents is 1. The van der Waals surface area contributed by atoms with E-state index < -0.39 is 0 Å². The zero-order valence-electron chi connectivity index (χ0n) is 12.2. The minimum atomic E-state index is -0.381. The molecule has 0 atom stereocenters. The summed E-state index contributed by atoms with van der Waals surface area (Å²) < 4.78 is 0. The van der Waals surface area contributed by atoms with E-state index in [9.17, 15) is 10.1 Å². The second-order valence-electron chi connectivity index (χ2n) is 5.35. The van der Waals surface area contributed by atoms with Crippen LogP contribution in [0.25, 0.3) is 11.3 Å². The fourth-order valence-electron chi connectivity index (χ4n) is 2.84. The van der Waals surface area contributed by atoms with E-state index >= 15 is 0 Å². The Balaban J connectivity index is 1.68. The van der Waals surface area contributed by atoms with Crippen molar-refractivity contribution in [1.82, 2.24) is 4.98 Å². The van der Waals surface area contributed by atoms with Gasteiger partial charge in [0, 0.05) is 35.3 Å². The molecule has 0 fully saturated rings. The maximum Gasteiger partial charge on any atom is 0.270 e. The number of nitro groups is 1. The first-order valence-corrected chi connectivity index (χ1v) is 8.16. The highest BCUT2D eigenvalue weighted by Gasteiger charge is 2.22. The zero-order chi connectivity index (χ0) is 15.8. The summed E-state index contributed by atoms with van der Waals surface area (Å²) in [5, 5.41) is 13.8. The molecule has 4 rings (SSSR count). The average Bonchev–Trinajstić information content (AvgIpc) is 3.21. The molecule has 0 amide bonds. The van der Waals surface area contributed by atoms with Crippen molar-refractivity contribution in [3.63, 3.8) is 0 Å². The maximum atomic E-state index is 10.9. The Hall–Kier alpha value is -2.73. The van der Waals surface area contributed by atoms with Crippen LogP contribution < -0.4 is 4.90 Å². The normalized spacial score (nSPS) is 13.1. The summed E-state index contributed by atoms with van der Waals surface area (Å²) in [5.74, 6) is 0. The van der Waals surface area contributed by atoms with Gasteiger partial charge < -0.3 is 4.90 Å². The Morgan fingerprint density at radius 3 is 2.91 bits per heavy atom. The number of hydrogen-bond donors (Lipinski definition) is 0. The smallest absolute Gasteiger partial charge is 0.270 e. The van der Waals surface area contributed by atoms with Gasteiger partial charge in [0.25, 0.3) is 5.69 Å². The first-order valence-electron chi connectivity index (χ1n) is 7.28. The standard InChI is InChI=1S/C17H13N3O2S/c21-20(22)14-6-3-5-13(10-14)15-11-23-17(18-15)19-9-8-12-4-1-2-7-16(12)19/h1-7,10-11H,8-9H2. The Kier molecular flexibility index (Phi) is 3.31. The van der Waals surface area contributed by atoms with Crippen LogP contribution in [-0.4, -0.2) is 16.5 Å². The lowest BCUT2D eigenvalue weighted by atomic mass is 10.1. The van der Waals surface area contributed by atoms with Gasteiger partial charge in [-0.3, -0.25) is 10.1 Å². The molecule has 6 heteroatoms. The third-order valence-corrected chi connectivity index (χ3v) is 4.83. The molecule has 0 saturated carbocycles. The minimum absolute atomic E-state index is 0.0866. The van der Waals surface area contributed by atoms with Gasteiger partial charge in [-0.2, -0.15) is 0 Å². The quantitative estimate of drug-likeness (QED) is 0.529. The average molecular weight is 323 g/mol. The van der Waals surface area contributed by atoms with Crippen molar-refractivity contribution in [3.05, 3.63) is 69.6 Å². The number of para-hydroxylation sites is 1. The van der Waals surface area contributed by atoms with Crippen LogP contribution in [0.4, 0.5) is 16.5 Å². The second kappa shape index (κ2) is 5.48. The summed E-state index contributed by atoms with van der Waals surface area (Å²) in [4.78, 5) is 17.4. The SMILES string of the molecule is O=[N+]([O-])c1cccc(-c2csc(N3CCc4ccccc43)n2)c1. The first kappa shape index (κ1) is 13.9. The van der Waals surface area contributed by atoms with Gasteiger partial charge >= 0.3 is 0 Å². The topological polar surface area (TPSA) is 59.3 Å². The van der Waals surface area contributed by atoms with E-state index in [1.165, 1.54) is 17.3 Å². The molecule has 23 heavy (non-hydrogen) atoms. The minimum Gasteiger partial charge on any atom is -0.317 e. The predicted molar refractivity (Wildman–Crippen MR) is 91.4 cm³/mol. The van der Waals surface area contributed by atoms with Crippen molar-refractivity contribution < 1.29 is 4.92 Å². The van der Waals surface area contributed by atoms with E-state index in [1.807, 2.05) is 17.5 Å². The van der Waals surface area contributed by atoms with Crippen molar-refractivity contribution in [2.45, 2.75) is 6.42 Å². The first-order chi connectivity index (χ1) is 11.2. The second-order valence-corrected chi connectivity index (χ2v) is 6.19. The lowest BCUT2D eigenvalue weighted by Crippen LogP contribution is -2.12. The van der Waals surface area contributed by atoms with Crippen LogP contribution in [-0.2, 0) is 6.42 Å². The molecular weight excluding hydrogens is 310 g/mol. The fourth-order valence-corrected chi connectivity index (χ4v) is 3.71. The van der Waals surface area contributed by atoms with Gasteiger partial charge in [0.2, 0.25) is 0 Å². The van der Waals surface area contributed by atoms with Crippen LogP contribution in [0.5, 0.6) is 0 Å². The molecular formula is C17H13N3O2S. The van der Waals surface area contributed by atoms with Crippen molar-refractivity contribution in [1.29, 1.82) is 0 Å². The van der Waals surface area contributed by atoms with Crippen LogP contribution in [0.15, 0.2) is 53.9 Å². The largest absolute Gasteiger partial charge is 0.317 e. The van der Waals surface area contributed by atoms with Crippen molar-refractivity contribution in [2.24, 2.45) is 0 Å². The molecule has 1 aromatic heterocycles. The number of anilines is 2. The molecule has 2 heterocycles. The highest BCUT2D eigenvalue weighted by molar-refractivity contribution is 7.14. The number of hydrogen-bond acceptors (Lipinski definition) is 5. The number of rotatable bonds is 3. The van der Waals surface area contributed by atoms with Gasteiger partial charge in [-0.25, -0.2) is 4.98 Å². The Morgan fingerprint density at radius 2 is 2.04 bits per heavy atom.